The van der Waals surface area contributed by atoms with Crippen LogP contribution in [0.2, 0.25) is 0 Å². The molecule has 0 radical (unpaired) electrons. The molecule has 2 saturated heterocycles. The summed E-state index contributed by atoms with van der Waals surface area (Å²) < 4.78 is 38.6. The van der Waals surface area contributed by atoms with Crippen molar-refractivity contribution in [1.29, 1.82) is 0 Å². The summed E-state index contributed by atoms with van der Waals surface area (Å²) in [6.07, 6.45) is 0.917. The minimum absolute atomic E-state index is 0.0266. The highest BCUT2D eigenvalue weighted by Gasteiger charge is 2.34. The molecule has 0 saturated carbocycles. The van der Waals surface area contributed by atoms with Gasteiger partial charge in [-0.2, -0.15) is 9.97 Å². The average molecular weight is 1130 g/mol. The topological polar surface area (TPSA) is 192 Å². The lowest BCUT2D eigenvalue weighted by Crippen LogP contribution is -2.55. The molecule has 8 aromatic rings. The van der Waals surface area contributed by atoms with E-state index in [-0.39, 0.29) is 69.9 Å². The van der Waals surface area contributed by atoms with Crippen LogP contribution in [0.25, 0.3) is 56.0 Å². The second-order valence-electron chi connectivity index (χ2n) is 22.9. The third-order valence-corrected chi connectivity index (χ3v) is 15.1. The van der Waals surface area contributed by atoms with Crippen LogP contribution in [0.15, 0.2) is 119 Å². The Morgan fingerprint density at radius 1 is 0.627 bits per heavy atom. The number of aromatic hydroxyl groups is 2. The highest BCUT2D eigenvalue weighted by atomic mass is 19.1. The molecule has 4 aromatic carbocycles. The molecule has 0 aliphatic carbocycles. The number of hydrogen-bond acceptors (Lipinski definition) is 13. The van der Waals surface area contributed by atoms with Crippen LogP contribution >= 0.6 is 0 Å². The number of piperazine rings is 2. The summed E-state index contributed by atoms with van der Waals surface area (Å²) in [5.74, 6) is -0.759. The zero-order valence-electron chi connectivity index (χ0n) is 48.7. The maximum atomic E-state index is 15.1. The van der Waals surface area contributed by atoms with E-state index in [9.17, 15) is 29.4 Å². The fraction of sp³-hybridized carbons (Fsp3) is 0.344. The predicted molar refractivity (Wildman–Crippen MR) is 320 cm³/mol. The van der Waals surface area contributed by atoms with Gasteiger partial charge in [-0.05, 0) is 137 Å². The zero-order valence-corrected chi connectivity index (χ0v) is 48.7. The number of fused-ring (bicyclic) bond motifs is 2. The first-order valence-electron chi connectivity index (χ1n) is 27.8. The molecule has 0 unspecified atom stereocenters. The molecule has 2 fully saturated rings. The number of phenols is 2. The molecule has 2 N–H and O–H groups in total. The number of para-hydroxylation sites is 2. The molecule has 2 aliphatic rings. The van der Waals surface area contributed by atoms with E-state index >= 15 is 8.78 Å². The number of anilines is 2. The van der Waals surface area contributed by atoms with Gasteiger partial charge in [-0.3, -0.25) is 4.79 Å². The van der Waals surface area contributed by atoms with Crippen molar-refractivity contribution >= 4 is 45.7 Å². The normalized spacial score (nSPS) is 15.7. The molecule has 83 heavy (non-hydrogen) atoms. The first-order valence-corrected chi connectivity index (χ1v) is 27.8. The summed E-state index contributed by atoms with van der Waals surface area (Å²) in [6.45, 7) is 27.3. The van der Waals surface area contributed by atoms with Crippen LogP contribution in [0.3, 0.4) is 0 Å². The maximum Gasteiger partial charge on any atom is 0.410 e. The first kappa shape index (κ1) is 58.6. The number of aryl methyl sites for hydroxylation is 2. The Morgan fingerprint density at radius 3 is 1.42 bits per heavy atom. The van der Waals surface area contributed by atoms with Crippen molar-refractivity contribution in [2.24, 2.45) is 0 Å². The molecular weight excluding hydrogens is 1060 g/mol. The Hall–Kier alpha value is -9.00. The van der Waals surface area contributed by atoms with Crippen molar-refractivity contribution in [3.8, 4) is 45.4 Å². The Bertz CT molecular complexity index is 3930. The van der Waals surface area contributed by atoms with Gasteiger partial charge >= 0.3 is 17.5 Å². The fourth-order valence-electron chi connectivity index (χ4n) is 11.1. The third-order valence-electron chi connectivity index (χ3n) is 15.1. The number of amides is 2. The number of carbonyl (C=O) groups excluding carboxylic acids is 2. The monoisotopic (exact) mass is 1130 g/mol. The van der Waals surface area contributed by atoms with E-state index < -0.39 is 28.6 Å². The summed E-state index contributed by atoms with van der Waals surface area (Å²) in [4.78, 5) is 79.1. The SMILES string of the molecule is C=CC(=O)N1CCN(c2nc(=O)n(-c3ccccc3C(C)C)c3nc(-c4c(O)cccc4F)c(C)cc23)[C@@H](C)C1.Cc1cc2c(N3CCN(C(=O)OC(C)(C)C)C[C@@H]3C)nc(=O)n(-c3ccccc3C(C)C)c2nc1-c1c(O)cccc1F. The number of hydrogen-bond donors (Lipinski definition) is 2. The van der Waals surface area contributed by atoms with Crippen LogP contribution in [0.1, 0.15) is 96.4 Å². The van der Waals surface area contributed by atoms with Crippen molar-refractivity contribution < 1.29 is 33.3 Å². The molecule has 2 atom stereocenters. The second-order valence-corrected chi connectivity index (χ2v) is 22.9. The minimum Gasteiger partial charge on any atom is -0.507 e. The lowest BCUT2D eigenvalue weighted by molar-refractivity contribution is -0.126. The largest absolute Gasteiger partial charge is 0.507 e. The molecule has 0 bridgehead atoms. The smallest absolute Gasteiger partial charge is 0.410 e. The first-order chi connectivity index (χ1) is 39.4. The number of nitrogens with zero attached hydrogens (tertiary/aromatic N) is 10. The zero-order chi connectivity index (χ0) is 59.9. The molecule has 432 valence electrons. The van der Waals surface area contributed by atoms with Crippen molar-refractivity contribution in [2.45, 2.75) is 106 Å². The van der Waals surface area contributed by atoms with Crippen LogP contribution in [-0.2, 0) is 9.53 Å². The Balaban J connectivity index is 0.000000200. The molecule has 10 rings (SSSR count). The number of aromatic nitrogens is 6. The van der Waals surface area contributed by atoms with Gasteiger partial charge in [0.05, 0.1) is 44.7 Å². The number of halogens is 2. The molecule has 0 spiro atoms. The molecule has 2 aliphatic heterocycles. The fourth-order valence-corrected chi connectivity index (χ4v) is 11.1. The van der Waals surface area contributed by atoms with Gasteiger partial charge in [-0.25, -0.2) is 42.3 Å². The Morgan fingerprint density at radius 2 is 1.04 bits per heavy atom. The van der Waals surface area contributed by atoms with E-state index in [0.29, 0.717) is 95.5 Å². The molecule has 6 heterocycles. The summed E-state index contributed by atoms with van der Waals surface area (Å²) in [5.41, 5.74) is 3.72. The molecular formula is C64H70F2N10O7. The number of rotatable bonds is 9. The van der Waals surface area contributed by atoms with Crippen molar-refractivity contribution in [1.82, 2.24) is 38.9 Å². The molecule has 17 nitrogen and oxygen atoms in total. The van der Waals surface area contributed by atoms with Gasteiger partial charge in [0.15, 0.2) is 11.3 Å². The van der Waals surface area contributed by atoms with Crippen LogP contribution in [0.4, 0.5) is 25.2 Å². The van der Waals surface area contributed by atoms with Crippen LogP contribution < -0.4 is 21.2 Å². The Labute approximate surface area is 480 Å². The van der Waals surface area contributed by atoms with Crippen LogP contribution in [-0.4, -0.2) is 118 Å². The van der Waals surface area contributed by atoms with Crippen LogP contribution in [0.5, 0.6) is 11.5 Å². The minimum atomic E-state index is -0.618. The molecule has 4 aromatic heterocycles. The lowest BCUT2D eigenvalue weighted by atomic mass is 10.0. The number of benzene rings is 4. The second kappa shape index (κ2) is 23.5. The summed E-state index contributed by atoms with van der Waals surface area (Å²) in [7, 11) is 0. The van der Waals surface area contributed by atoms with E-state index in [1.807, 2.05) is 133 Å². The number of ether oxygens (including phenoxy) is 1. The van der Waals surface area contributed by atoms with E-state index in [0.717, 1.165) is 11.1 Å². The standard InChI is InChI=1S/C33H38FN5O4.C31H32FN5O3/c1-19(2)22-11-8-9-13-25(22)39-30-23(17-20(3)28(35-30)27-24(34)12-10-14-26(27)40)29(36-31(39)41)38-16-15-37(18-21(38)4)32(42)43-33(5,6)7;1-6-26(39)35-14-15-36(20(5)17-35)29-22-16-19(4)28(27-23(32)11-9-13-25(27)38)33-30(22)37(31(40)34-29)24-12-8-7-10-21(24)18(2)3/h8-14,17,19,21,40H,15-16,18H2,1-7H3;6-13,16,18,20,38H,1,14-15,17H2,2-5H3/t21-;20-/m00/s1. The van der Waals surface area contributed by atoms with E-state index in [1.54, 1.807) is 23.6 Å². The van der Waals surface area contributed by atoms with Gasteiger partial charge in [0.25, 0.3) is 0 Å². The summed E-state index contributed by atoms with van der Waals surface area (Å²) in [6, 6.07) is 26.7. The van der Waals surface area contributed by atoms with E-state index in [4.69, 9.17) is 14.7 Å². The van der Waals surface area contributed by atoms with Crippen LogP contribution in [0, 0.1) is 25.5 Å². The van der Waals surface area contributed by atoms with Gasteiger partial charge in [0.1, 0.15) is 40.4 Å². The average Bonchev–Trinajstić information content (AvgIpc) is 2.29. The van der Waals surface area contributed by atoms with Crippen molar-refractivity contribution in [2.75, 3.05) is 49.1 Å². The third kappa shape index (κ3) is 11.6. The van der Waals surface area contributed by atoms with Gasteiger partial charge < -0.3 is 34.5 Å². The van der Waals surface area contributed by atoms with E-state index in [1.165, 1.54) is 51.6 Å². The van der Waals surface area contributed by atoms with Gasteiger partial charge in [-0.1, -0.05) is 82.8 Å². The summed E-state index contributed by atoms with van der Waals surface area (Å²) >= 11 is 0. The van der Waals surface area contributed by atoms with Crippen molar-refractivity contribution in [3.63, 3.8) is 0 Å². The highest BCUT2D eigenvalue weighted by molar-refractivity contribution is 5.94. The number of phenolic OH excluding ortho intramolecular Hbond substituents is 2. The van der Waals surface area contributed by atoms with Crippen molar-refractivity contribution in [3.05, 3.63) is 165 Å². The summed E-state index contributed by atoms with van der Waals surface area (Å²) in [5, 5.41) is 22.4. The molecule has 2 amide bonds. The lowest BCUT2D eigenvalue weighted by Gasteiger charge is -2.41. The van der Waals surface area contributed by atoms with Gasteiger partial charge in [0, 0.05) is 51.4 Å². The number of carbonyl (C=O) groups is 2. The van der Waals surface area contributed by atoms with Gasteiger partial charge in [-0.15, -0.1) is 0 Å². The maximum absolute atomic E-state index is 15.1. The Kier molecular flexibility index (Phi) is 16.6. The van der Waals surface area contributed by atoms with Gasteiger partial charge in [0.2, 0.25) is 5.91 Å². The highest BCUT2D eigenvalue weighted by Crippen LogP contribution is 2.39. The van der Waals surface area contributed by atoms with E-state index in [2.05, 4.69) is 16.5 Å². The molecule has 19 heteroatoms. The number of pyridine rings is 2. The predicted octanol–water partition coefficient (Wildman–Crippen LogP) is 11.1. The quantitative estimate of drug-likeness (QED) is 0.130.